The van der Waals surface area contributed by atoms with E-state index in [4.69, 9.17) is 5.73 Å². The summed E-state index contributed by atoms with van der Waals surface area (Å²) in [6, 6.07) is 0.474. The van der Waals surface area contributed by atoms with Gasteiger partial charge >= 0.3 is 0 Å². The Balaban J connectivity index is -0.000000389. The fourth-order valence-electron chi connectivity index (χ4n) is 1.62. The number of hydrogen-bond acceptors (Lipinski definition) is 1. The molecule has 2 N–H and O–H groups in total. The molecule has 114 valence electrons. The van der Waals surface area contributed by atoms with E-state index >= 15 is 0 Å². The van der Waals surface area contributed by atoms with Gasteiger partial charge in [-0.1, -0.05) is 92.9 Å². The van der Waals surface area contributed by atoms with Gasteiger partial charge in [0.1, 0.15) is 0 Å². The van der Waals surface area contributed by atoms with Crippen molar-refractivity contribution in [1.29, 1.82) is 0 Å². The zero-order chi connectivity index (χ0) is 14.6. The summed E-state index contributed by atoms with van der Waals surface area (Å²) in [7, 11) is 0. The maximum atomic E-state index is 5.97. The van der Waals surface area contributed by atoms with Gasteiger partial charge in [-0.25, -0.2) is 0 Å². The minimum absolute atomic E-state index is 0.474. The molecule has 0 aliphatic heterocycles. The topological polar surface area (TPSA) is 26.0 Å². The SMILES string of the molecule is CC.CCC.CCCCCCCC(N)CCCC. The van der Waals surface area contributed by atoms with Crippen LogP contribution in [0.3, 0.4) is 0 Å². The average molecular weight is 260 g/mol. The number of nitrogens with two attached hydrogens (primary N) is 1. The molecule has 0 aliphatic carbocycles. The second kappa shape index (κ2) is 25.7. The molecule has 1 nitrogen and oxygen atoms in total. The smallest absolute Gasteiger partial charge is 0.00388 e. The molecule has 0 fully saturated rings. The largest absolute Gasteiger partial charge is 0.328 e. The van der Waals surface area contributed by atoms with E-state index < -0.39 is 0 Å². The molecule has 0 aromatic rings. The van der Waals surface area contributed by atoms with E-state index in [1.165, 1.54) is 64.2 Å². The lowest BCUT2D eigenvalue weighted by Crippen LogP contribution is -2.19. The van der Waals surface area contributed by atoms with Crippen molar-refractivity contribution in [2.75, 3.05) is 0 Å². The Morgan fingerprint density at radius 3 is 1.50 bits per heavy atom. The van der Waals surface area contributed by atoms with Crippen LogP contribution in [0.4, 0.5) is 0 Å². The Morgan fingerprint density at radius 2 is 1.06 bits per heavy atom. The normalized spacial score (nSPS) is 10.8. The molecule has 18 heavy (non-hydrogen) atoms. The third-order valence-electron chi connectivity index (χ3n) is 2.61. The zero-order valence-electron chi connectivity index (χ0n) is 14.2. The molecule has 0 saturated carbocycles. The molecule has 0 aromatic carbocycles. The summed E-state index contributed by atoms with van der Waals surface area (Å²) >= 11 is 0. The molecule has 0 heterocycles. The van der Waals surface area contributed by atoms with Crippen molar-refractivity contribution < 1.29 is 0 Å². The van der Waals surface area contributed by atoms with Crippen molar-refractivity contribution >= 4 is 0 Å². The van der Waals surface area contributed by atoms with Gasteiger partial charge in [0.05, 0.1) is 0 Å². The first kappa shape index (κ1) is 23.1. The van der Waals surface area contributed by atoms with E-state index in [1.807, 2.05) is 13.8 Å². The molecule has 0 saturated heterocycles. The molecule has 1 atom stereocenters. The predicted octanol–water partition coefficient (Wildman–Crippen LogP) is 6.31. The number of rotatable bonds is 9. The molecule has 0 amide bonds. The van der Waals surface area contributed by atoms with Crippen LogP contribution in [-0.2, 0) is 0 Å². The van der Waals surface area contributed by atoms with Gasteiger partial charge < -0.3 is 5.73 Å². The van der Waals surface area contributed by atoms with Gasteiger partial charge in [0, 0.05) is 6.04 Å². The highest BCUT2D eigenvalue weighted by molar-refractivity contribution is 4.60. The van der Waals surface area contributed by atoms with Gasteiger partial charge in [-0.05, 0) is 12.8 Å². The van der Waals surface area contributed by atoms with Crippen LogP contribution in [0.2, 0.25) is 0 Å². The van der Waals surface area contributed by atoms with Crippen molar-refractivity contribution in [2.24, 2.45) is 5.73 Å². The number of unbranched alkanes of at least 4 members (excludes halogenated alkanes) is 5. The Hall–Kier alpha value is -0.0400. The second-order valence-corrected chi connectivity index (χ2v) is 4.81. The fourth-order valence-corrected chi connectivity index (χ4v) is 1.62. The highest BCUT2D eigenvalue weighted by Gasteiger charge is 2.00. The van der Waals surface area contributed by atoms with Crippen LogP contribution in [0.1, 0.15) is 106 Å². The molecule has 0 bridgehead atoms. The second-order valence-electron chi connectivity index (χ2n) is 4.81. The summed E-state index contributed by atoms with van der Waals surface area (Å²) < 4.78 is 0. The van der Waals surface area contributed by atoms with Crippen LogP contribution in [0.15, 0.2) is 0 Å². The van der Waals surface area contributed by atoms with Crippen molar-refractivity contribution in [3.05, 3.63) is 0 Å². The van der Waals surface area contributed by atoms with Crippen LogP contribution >= 0.6 is 0 Å². The Bertz CT molecular complexity index is 102. The minimum Gasteiger partial charge on any atom is -0.328 e. The first-order chi connectivity index (χ1) is 8.72. The zero-order valence-corrected chi connectivity index (χ0v) is 14.2. The Kier molecular flexibility index (Phi) is 33.0. The van der Waals surface area contributed by atoms with E-state index in [9.17, 15) is 0 Å². The van der Waals surface area contributed by atoms with Crippen LogP contribution in [0.5, 0.6) is 0 Å². The van der Waals surface area contributed by atoms with Crippen molar-refractivity contribution in [3.63, 3.8) is 0 Å². The van der Waals surface area contributed by atoms with Crippen LogP contribution in [-0.4, -0.2) is 6.04 Å². The van der Waals surface area contributed by atoms with Gasteiger partial charge in [0.25, 0.3) is 0 Å². The summed E-state index contributed by atoms with van der Waals surface area (Å²) in [5, 5.41) is 0. The third kappa shape index (κ3) is 29.7. The van der Waals surface area contributed by atoms with E-state index in [0.717, 1.165) is 0 Å². The van der Waals surface area contributed by atoms with E-state index in [0.29, 0.717) is 6.04 Å². The van der Waals surface area contributed by atoms with Gasteiger partial charge in [0.2, 0.25) is 0 Å². The summed E-state index contributed by atoms with van der Waals surface area (Å²) in [6.45, 7) is 12.7. The molecular weight excluding hydrogens is 218 g/mol. The van der Waals surface area contributed by atoms with Crippen molar-refractivity contribution in [1.82, 2.24) is 0 Å². The summed E-state index contributed by atoms with van der Waals surface area (Å²) in [4.78, 5) is 0. The molecule has 1 heteroatoms. The van der Waals surface area contributed by atoms with Gasteiger partial charge in [-0.15, -0.1) is 0 Å². The average Bonchev–Trinajstić information content (AvgIpc) is 2.39. The van der Waals surface area contributed by atoms with Gasteiger partial charge in [0.15, 0.2) is 0 Å². The fraction of sp³-hybridized carbons (Fsp3) is 1.00. The molecular formula is C17H41N. The molecule has 0 aliphatic rings. The van der Waals surface area contributed by atoms with E-state index in [1.54, 1.807) is 0 Å². The highest BCUT2D eigenvalue weighted by Crippen LogP contribution is 2.09. The Labute approximate surface area is 118 Å². The third-order valence-corrected chi connectivity index (χ3v) is 2.61. The first-order valence-electron chi connectivity index (χ1n) is 8.48. The standard InChI is InChI=1S/C12H27N.C3H8.C2H6/c1-3-5-7-8-9-11-12(13)10-6-4-2;1-3-2;1-2/h12H,3-11,13H2,1-2H3;3H2,1-2H3;1-2H3. The Morgan fingerprint density at radius 1 is 0.667 bits per heavy atom. The molecule has 0 spiro atoms. The first-order valence-corrected chi connectivity index (χ1v) is 8.48. The van der Waals surface area contributed by atoms with Crippen molar-refractivity contribution in [3.8, 4) is 0 Å². The summed E-state index contributed by atoms with van der Waals surface area (Å²) in [5.41, 5.74) is 5.97. The highest BCUT2D eigenvalue weighted by atomic mass is 14.6. The summed E-state index contributed by atoms with van der Waals surface area (Å²) in [5.74, 6) is 0. The van der Waals surface area contributed by atoms with Gasteiger partial charge in [-0.2, -0.15) is 0 Å². The lowest BCUT2D eigenvalue weighted by Gasteiger charge is -2.09. The summed E-state index contributed by atoms with van der Waals surface area (Å²) in [6.07, 6.45) is 13.1. The van der Waals surface area contributed by atoms with E-state index in [2.05, 4.69) is 27.7 Å². The maximum absolute atomic E-state index is 5.97. The predicted molar refractivity (Wildman–Crippen MR) is 88.2 cm³/mol. The van der Waals surface area contributed by atoms with Gasteiger partial charge in [-0.3, -0.25) is 0 Å². The molecule has 0 radical (unpaired) electrons. The lowest BCUT2D eigenvalue weighted by molar-refractivity contribution is 0.501. The quantitative estimate of drug-likeness (QED) is 0.483. The van der Waals surface area contributed by atoms with E-state index in [-0.39, 0.29) is 0 Å². The van der Waals surface area contributed by atoms with Crippen molar-refractivity contribution in [2.45, 2.75) is 112 Å². The minimum atomic E-state index is 0.474. The molecule has 0 aromatic heterocycles. The van der Waals surface area contributed by atoms with Crippen LogP contribution < -0.4 is 5.73 Å². The monoisotopic (exact) mass is 259 g/mol. The molecule has 0 rings (SSSR count). The van der Waals surface area contributed by atoms with Crippen LogP contribution in [0.25, 0.3) is 0 Å². The lowest BCUT2D eigenvalue weighted by atomic mass is 10.0. The number of hydrogen-bond donors (Lipinski definition) is 1. The molecule has 1 unspecified atom stereocenters. The maximum Gasteiger partial charge on any atom is 0.00388 e. The van der Waals surface area contributed by atoms with Crippen LogP contribution in [0, 0.1) is 0 Å².